The molecule has 1 aromatic rings. The first-order valence-corrected chi connectivity index (χ1v) is 5.68. The third-order valence-corrected chi connectivity index (χ3v) is 3.03. The second kappa shape index (κ2) is 5.14. The van der Waals surface area contributed by atoms with Gasteiger partial charge in [-0.15, -0.1) is 0 Å². The monoisotopic (exact) mass is 235 g/mol. The fourth-order valence-electron chi connectivity index (χ4n) is 1.90. The number of methoxy groups -OCH3 is 1. The van der Waals surface area contributed by atoms with Crippen molar-refractivity contribution in [2.75, 3.05) is 40.3 Å². The summed E-state index contributed by atoms with van der Waals surface area (Å²) in [5, 5.41) is 0. The normalized spacial score (nSPS) is 16.9. The third-order valence-electron chi connectivity index (χ3n) is 3.03. The molecule has 5 nitrogen and oxygen atoms in total. The smallest absolute Gasteiger partial charge is 0.257 e. The summed E-state index contributed by atoms with van der Waals surface area (Å²) in [5.74, 6) is 0.564. The SMILES string of the molecule is COc1cnccc1C(=O)N1CCN(C)CC1. The van der Waals surface area contributed by atoms with Crippen molar-refractivity contribution in [1.82, 2.24) is 14.8 Å². The molecule has 1 aliphatic heterocycles. The Balaban J connectivity index is 2.14. The van der Waals surface area contributed by atoms with Gasteiger partial charge in [-0.3, -0.25) is 9.78 Å². The van der Waals surface area contributed by atoms with Gasteiger partial charge in [0.15, 0.2) is 0 Å². The maximum atomic E-state index is 12.3. The number of piperazine rings is 1. The van der Waals surface area contributed by atoms with Gasteiger partial charge in [0.25, 0.3) is 5.91 Å². The number of nitrogens with zero attached hydrogens (tertiary/aromatic N) is 3. The van der Waals surface area contributed by atoms with Crippen molar-refractivity contribution in [2.45, 2.75) is 0 Å². The minimum atomic E-state index is 0.0253. The number of hydrogen-bond donors (Lipinski definition) is 0. The highest BCUT2D eigenvalue weighted by Crippen LogP contribution is 2.18. The van der Waals surface area contributed by atoms with Gasteiger partial charge < -0.3 is 14.5 Å². The topological polar surface area (TPSA) is 45.7 Å². The average molecular weight is 235 g/mol. The predicted octanol–water partition coefficient (Wildman–Crippen LogP) is 0.478. The number of likely N-dealkylation sites (N-methyl/N-ethyl adjacent to an activating group) is 1. The summed E-state index contributed by atoms with van der Waals surface area (Å²) >= 11 is 0. The molecule has 5 heteroatoms. The van der Waals surface area contributed by atoms with E-state index in [-0.39, 0.29) is 5.91 Å². The van der Waals surface area contributed by atoms with Crippen LogP contribution < -0.4 is 4.74 Å². The van der Waals surface area contributed by atoms with Crippen LogP contribution in [-0.2, 0) is 0 Å². The maximum Gasteiger partial charge on any atom is 0.257 e. The quantitative estimate of drug-likeness (QED) is 0.748. The van der Waals surface area contributed by atoms with E-state index >= 15 is 0 Å². The molecule has 1 saturated heterocycles. The molecule has 0 atom stereocenters. The summed E-state index contributed by atoms with van der Waals surface area (Å²) in [6.07, 6.45) is 3.19. The predicted molar refractivity (Wildman–Crippen MR) is 64.2 cm³/mol. The molecule has 0 saturated carbocycles. The van der Waals surface area contributed by atoms with Gasteiger partial charge in [0.2, 0.25) is 0 Å². The summed E-state index contributed by atoms with van der Waals surface area (Å²) in [7, 11) is 3.62. The zero-order chi connectivity index (χ0) is 12.3. The number of amides is 1. The van der Waals surface area contributed by atoms with Crippen LogP contribution in [0.1, 0.15) is 10.4 Å². The Kier molecular flexibility index (Phi) is 3.58. The Morgan fingerprint density at radius 2 is 2.06 bits per heavy atom. The molecular formula is C12H17N3O2. The van der Waals surface area contributed by atoms with E-state index < -0.39 is 0 Å². The lowest BCUT2D eigenvalue weighted by atomic mass is 10.2. The highest BCUT2D eigenvalue weighted by Gasteiger charge is 2.22. The number of pyridine rings is 1. The Hall–Kier alpha value is -1.62. The van der Waals surface area contributed by atoms with Gasteiger partial charge in [0.1, 0.15) is 5.75 Å². The average Bonchev–Trinajstić information content (AvgIpc) is 2.39. The first-order valence-electron chi connectivity index (χ1n) is 5.68. The fourth-order valence-corrected chi connectivity index (χ4v) is 1.90. The fraction of sp³-hybridized carbons (Fsp3) is 0.500. The molecule has 0 spiro atoms. The molecule has 0 aromatic carbocycles. The van der Waals surface area contributed by atoms with Gasteiger partial charge in [-0.1, -0.05) is 0 Å². The van der Waals surface area contributed by atoms with Crippen molar-refractivity contribution in [3.8, 4) is 5.75 Å². The van der Waals surface area contributed by atoms with Crippen molar-refractivity contribution in [1.29, 1.82) is 0 Å². The van der Waals surface area contributed by atoms with E-state index in [4.69, 9.17) is 4.74 Å². The van der Waals surface area contributed by atoms with E-state index in [1.165, 1.54) is 0 Å². The van der Waals surface area contributed by atoms with E-state index in [0.717, 1.165) is 26.2 Å². The van der Waals surface area contributed by atoms with E-state index in [1.54, 1.807) is 25.6 Å². The number of ether oxygens (including phenoxy) is 1. The summed E-state index contributed by atoms with van der Waals surface area (Å²) in [6, 6.07) is 1.71. The molecule has 0 N–H and O–H groups in total. The van der Waals surface area contributed by atoms with Crippen molar-refractivity contribution in [3.63, 3.8) is 0 Å². The Labute approximate surface area is 101 Å². The van der Waals surface area contributed by atoms with E-state index in [0.29, 0.717) is 11.3 Å². The van der Waals surface area contributed by atoms with Crippen molar-refractivity contribution < 1.29 is 9.53 Å². The Bertz CT molecular complexity index is 400. The van der Waals surface area contributed by atoms with Crippen LogP contribution >= 0.6 is 0 Å². The van der Waals surface area contributed by atoms with E-state index in [1.807, 2.05) is 4.90 Å². The van der Waals surface area contributed by atoms with Crippen molar-refractivity contribution >= 4 is 5.91 Å². The molecule has 0 aliphatic carbocycles. The molecule has 1 aromatic heterocycles. The van der Waals surface area contributed by atoms with Gasteiger partial charge in [0, 0.05) is 32.4 Å². The van der Waals surface area contributed by atoms with Gasteiger partial charge in [-0.05, 0) is 13.1 Å². The second-order valence-electron chi connectivity index (χ2n) is 4.17. The summed E-state index contributed by atoms with van der Waals surface area (Å²) < 4.78 is 5.16. The van der Waals surface area contributed by atoms with Crippen LogP contribution in [0.25, 0.3) is 0 Å². The van der Waals surface area contributed by atoms with Crippen molar-refractivity contribution in [3.05, 3.63) is 24.0 Å². The van der Waals surface area contributed by atoms with Gasteiger partial charge >= 0.3 is 0 Å². The highest BCUT2D eigenvalue weighted by atomic mass is 16.5. The summed E-state index contributed by atoms with van der Waals surface area (Å²) in [6.45, 7) is 3.36. The van der Waals surface area contributed by atoms with Gasteiger partial charge in [-0.2, -0.15) is 0 Å². The number of hydrogen-bond acceptors (Lipinski definition) is 4. The molecule has 2 rings (SSSR count). The number of carbonyl (C=O) groups excluding carboxylic acids is 1. The van der Waals surface area contributed by atoms with Gasteiger partial charge in [0.05, 0.1) is 18.9 Å². The summed E-state index contributed by atoms with van der Waals surface area (Å²) in [4.78, 5) is 20.3. The first-order chi connectivity index (χ1) is 8.22. The molecule has 0 radical (unpaired) electrons. The molecular weight excluding hydrogens is 218 g/mol. The number of rotatable bonds is 2. The molecule has 92 valence electrons. The molecule has 1 fully saturated rings. The lowest BCUT2D eigenvalue weighted by molar-refractivity contribution is 0.0660. The van der Waals surface area contributed by atoms with Crippen LogP contribution in [0, 0.1) is 0 Å². The minimum Gasteiger partial charge on any atom is -0.494 e. The van der Waals surface area contributed by atoms with Crippen LogP contribution in [0.5, 0.6) is 5.75 Å². The molecule has 1 aliphatic rings. The Morgan fingerprint density at radius 1 is 1.35 bits per heavy atom. The van der Waals surface area contributed by atoms with Crippen LogP contribution in [0.2, 0.25) is 0 Å². The van der Waals surface area contributed by atoms with Crippen molar-refractivity contribution in [2.24, 2.45) is 0 Å². The second-order valence-corrected chi connectivity index (χ2v) is 4.17. The zero-order valence-corrected chi connectivity index (χ0v) is 10.2. The first kappa shape index (κ1) is 11.9. The number of carbonyl (C=O) groups is 1. The maximum absolute atomic E-state index is 12.3. The van der Waals surface area contributed by atoms with Gasteiger partial charge in [-0.25, -0.2) is 0 Å². The zero-order valence-electron chi connectivity index (χ0n) is 10.2. The molecule has 2 heterocycles. The summed E-state index contributed by atoms with van der Waals surface area (Å²) in [5.41, 5.74) is 0.590. The number of aromatic nitrogens is 1. The van der Waals surface area contributed by atoms with Crippen LogP contribution in [0.15, 0.2) is 18.5 Å². The highest BCUT2D eigenvalue weighted by molar-refractivity contribution is 5.96. The lowest BCUT2D eigenvalue weighted by Crippen LogP contribution is -2.47. The minimum absolute atomic E-state index is 0.0253. The van der Waals surface area contributed by atoms with Crippen LogP contribution in [-0.4, -0.2) is 61.0 Å². The molecule has 17 heavy (non-hydrogen) atoms. The standard InChI is InChI=1S/C12H17N3O2/c1-14-5-7-15(8-6-14)12(16)10-3-4-13-9-11(10)17-2/h3-4,9H,5-8H2,1-2H3. The Morgan fingerprint density at radius 3 is 2.71 bits per heavy atom. The molecule has 0 bridgehead atoms. The largest absolute Gasteiger partial charge is 0.494 e. The molecule has 0 unspecified atom stereocenters. The van der Waals surface area contributed by atoms with Crippen LogP contribution in [0.3, 0.4) is 0 Å². The molecule has 1 amide bonds. The van der Waals surface area contributed by atoms with Crippen LogP contribution in [0.4, 0.5) is 0 Å². The third kappa shape index (κ3) is 2.55. The lowest BCUT2D eigenvalue weighted by Gasteiger charge is -2.32. The van der Waals surface area contributed by atoms with E-state index in [9.17, 15) is 4.79 Å². The van der Waals surface area contributed by atoms with E-state index in [2.05, 4.69) is 16.9 Å².